The molecule has 0 bridgehead atoms. The number of carbonyl (C=O) groups is 1. The second-order valence-corrected chi connectivity index (χ2v) is 1.47. The van der Waals surface area contributed by atoms with Crippen molar-refractivity contribution in [3.8, 4) is 0 Å². The van der Waals surface area contributed by atoms with E-state index in [4.69, 9.17) is 16.7 Å². The summed E-state index contributed by atoms with van der Waals surface area (Å²) in [6, 6.07) is 0. The minimum absolute atomic E-state index is 0.833. The highest BCUT2D eigenvalue weighted by Crippen LogP contribution is 1.65. The molecule has 0 unspecified atom stereocenters. The van der Waals surface area contributed by atoms with Crippen molar-refractivity contribution in [2.75, 3.05) is 0 Å². The van der Waals surface area contributed by atoms with Gasteiger partial charge in [-0.1, -0.05) is 37.9 Å². The molecule has 0 fully saturated rings. The van der Waals surface area contributed by atoms with Crippen molar-refractivity contribution in [3.63, 3.8) is 0 Å². The third-order valence-corrected chi connectivity index (χ3v) is 0.367. The monoisotopic (exact) mass is 204 g/mol. The Labute approximate surface area is 83.3 Å². The third-order valence-electron chi connectivity index (χ3n) is 0.367. The number of hydrogen-bond donors (Lipinski definition) is 1. The van der Waals surface area contributed by atoms with Gasteiger partial charge in [-0.2, -0.15) is 0 Å². The van der Waals surface area contributed by atoms with Gasteiger partial charge in [-0.25, -0.2) is 4.79 Å². The van der Waals surface area contributed by atoms with Crippen LogP contribution in [0.25, 0.3) is 0 Å². The number of halogens is 1. The molecule has 0 saturated carbocycles. The summed E-state index contributed by atoms with van der Waals surface area (Å²) >= 11 is 4.76. The maximum absolute atomic E-state index is 9.25. The Hall–Kier alpha value is -1.48. The standard InChI is InChI=1S/C4H6O.C3H4O2.C2H3Cl/c1-3-5-4-2;1-2-3(4)5;1-2-3/h3-4H,1-2H2;2H,1H2,(H,4,5);2H,1H2. The van der Waals surface area contributed by atoms with Gasteiger partial charge < -0.3 is 9.84 Å². The molecule has 3 nitrogen and oxygen atoms in total. The molecule has 0 aliphatic carbocycles. The lowest BCUT2D eigenvalue weighted by Crippen LogP contribution is -1.82. The van der Waals surface area contributed by atoms with E-state index in [1.165, 1.54) is 18.1 Å². The van der Waals surface area contributed by atoms with Crippen LogP contribution in [0.15, 0.2) is 50.5 Å². The maximum atomic E-state index is 9.25. The van der Waals surface area contributed by atoms with Gasteiger partial charge in [0.1, 0.15) is 0 Å². The molecule has 0 saturated heterocycles. The number of hydrogen-bond acceptors (Lipinski definition) is 2. The van der Waals surface area contributed by atoms with E-state index in [0.29, 0.717) is 0 Å². The molecule has 4 heteroatoms. The smallest absolute Gasteiger partial charge is 0.327 e. The Balaban J connectivity index is -0.000000120. The summed E-state index contributed by atoms with van der Waals surface area (Å²) in [5.74, 6) is -0.981. The van der Waals surface area contributed by atoms with E-state index in [1.807, 2.05) is 0 Å². The zero-order valence-electron chi connectivity index (χ0n) is 7.28. The Bertz CT molecular complexity index is 158. The molecule has 0 aliphatic rings. The molecular weight excluding hydrogens is 192 g/mol. The molecule has 0 rings (SSSR count). The molecule has 0 spiro atoms. The molecule has 13 heavy (non-hydrogen) atoms. The lowest BCUT2D eigenvalue weighted by molar-refractivity contribution is -0.131. The van der Waals surface area contributed by atoms with Crippen molar-refractivity contribution in [2.45, 2.75) is 0 Å². The van der Waals surface area contributed by atoms with Crippen molar-refractivity contribution in [2.24, 2.45) is 0 Å². The zero-order valence-corrected chi connectivity index (χ0v) is 8.04. The highest BCUT2D eigenvalue weighted by atomic mass is 35.5. The maximum Gasteiger partial charge on any atom is 0.327 e. The highest BCUT2D eigenvalue weighted by Gasteiger charge is 1.73. The van der Waals surface area contributed by atoms with Crippen LogP contribution in [0.4, 0.5) is 0 Å². The van der Waals surface area contributed by atoms with Crippen molar-refractivity contribution >= 4 is 17.6 Å². The van der Waals surface area contributed by atoms with Gasteiger partial charge in [-0.15, -0.1) is 0 Å². The summed E-state index contributed by atoms with van der Waals surface area (Å²) in [6.07, 6.45) is 3.46. The Kier molecular flexibility index (Phi) is 30.3. The Morgan fingerprint density at radius 2 is 1.46 bits per heavy atom. The second-order valence-electron chi connectivity index (χ2n) is 1.17. The lowest BCUT2D eigenvalue weighted by atomic mass is 10.7. The first kappa shape index (κ1) is 17.6. The van der Waals surface area contributed by atoms with Crippen molar-refractivity contribution in [3.05, 3.63) is 50.5 Å². The van der Waals surface area contributed by atoms with Gasteiger partial charge in [0.25, 0.3) is 0 Å². The van der Waals surface area contributed by atoms with E-state index >= 15 is 0 Å². The summed E-state index contributed by atoms with van der Waals surface area (Å²) in [5.41, 5.74) is 1.22. The van der Waals surface area contributed by atoms with E-state index in [2.05, 4.69) is 31.1 Å². The fourth-order valence-corrected chi connectivity index (χ4v) is 0.0680. The molecule has 0 radical (unpaired) electrons. The van der Waals surface area contributed by atoms with Gasteiger partial charge in [0.2, 0.25) is 0 Å². The summed E-state index contributed by atoms with van der Waals surface area (Å²) in [7, 11) is 0. The van der Waals surface area contributed by atoms with Crippen LogP contribution in [0.5, 0.6) is 0 Å². The molecule has 1 N–H and O–H groups in total. The minimum Gasteiger partial charge on any atom is -0.478 e. The first-order chi connectivity index (χ1) is 6.10. The third kappa shape index (κ3) is 120. The van der Waals surface area contributed by atoms with Crippen molar-refractivity contribution in [1.29, 1.82) is 0 Å². The Morgan fingerprint density at radius 1 is 1.23 bits per heavy atom. The van der Waals surface area contributed by atoms with Crippen LogP contribution in [0.1, 0.15) is 0 Å². The average Bonchev–Trinajstić information content (AvgIpc) is 2.08. The second kappa shape index (κ2) is 22.4. The molecule has 0 heterocycles. The lowest BCUT2D eigenvalue weighted by Gasteiger charge is -1.76. The SMILES string of the molecule is C=CC(=O)O.C=CCl.C=COC=C. The van der Waals surface area contributed by atoms with E-state index in [-0.39, 0.29) is 0 Å². The van der Waals surface area contributed by atoms with Gasteiger partial charge in [0.15, 0.2) is 0 Å². The summed E-state index contributed by atoms with van der Waals surface area (Å²) in [6.45, 7) is 12.6. The molecular formula is C9H13ClO3. The fraction of sp³-hybridized carbons (Fsp3) is 0. The molecule has 0 aromatic carbocycles. The van der Waals surface area contributed by atoms with Crippen LogP contribution in [0, 0.1) is 0 Å². The van der Waals surface area contributed by atoms with E-state index < -0.39 is 5.97 Å². The molecule has 74 valence electrons. The van der Waals surface area contributed by atoms with E-state index in [1.54, 1.807) is 0 Å². The van der Waals surface area contributed by atoms with Crippen LogP contribution in [0.2, 0.25) is 0 Å². The first-order valence-electron chi connectivity index (χ1n) is 3.04. The van der Waals surface area contributed by atoms with E-state index in [0.717, 1.165) is 6.08 Å². The molecule has 0 amide bonds. The van der Waals surface area contributed by atoms with Crippen LogP contribution in [-0.2, 0) is 9.53 Å². The topological polar surface area (TPSA) is 46.5 Å². The normalized spacial score (nSPS) is 5.62. The number of ether oxygens (including phenoxy) is 1. The quantitative estimate of drug-likeness (QED) is 0.568. The number of carboxylic acid groups (broad SMARTS) is 1. The highest BCUT2D eigenvalue weighted by molar-refractivity contribution is 6.25. The predicted octanol–water partition coefficient (Wildman–Crippen LogP) is 2.92. The minimum atomic E-state index is -0.981. The summed E-state index contributed by atoms with van der Waals surface area (Å²) < 4.78 is 4.36. The van der Waals surface area contributed by atoms with Gasteiger partial charge in [-0.3, -0.25) is 0 Å². The van der Waals surface area contributed by atoms with Crippen LogP contribution in [0.3, 0.4) is 0 Å². The van der Waals surface area contributed by atoms with E-state index in [9.17, 15) is 4.79 Å². The van der Waals surface area contributed by atoms with Crippen LogP contribution >= 0.6 is 11.6 Å². The molecule has 0 aliphatic heterocycles. The van der Waals surface area contributed by atoms with Gasteiger partial charge in [0, 0.05) is 6.08 Å². The largest absolute Gasteiger partial charge is 0.478 e. The predicted molar refractivity (Wildman–Crippen MR) is 55.4 cm³/mol. The van der Waals surface area contributed by atoms with Crippen LogP contribution in [-0.4, -0.2) is 11.1 Å². The van der Waals surface area contributed by atoms with Gasteiger partial charge >= 0.3 is 5.97 Å². The Morgan fingerprint density at radius 3 is 1.46 bits per heavy atom. The molecule has 0 atom stereocenters. The van der Waals surface area contributed by atoms with Crippen LogP contribution < -0.4 is 0 Å². The first-order valence-corrected chi connectivity index (χ1v) is 3.48. The molecule has 0 aromatic heterocycles. The summed E-state index contributed by atoms with van der Waals surface area (Å²) in [5, 5.41) is 7.60. The van der Waals surface area contributed by atoms with Crippen molar-refractivity contribution < 1.29 is 14.6 Å². The van der Waals surface area contributed by atoms with Crippen molar-refractivity contribution in [1.82, 2.24) is 0 Å². The number of aliphatic carboxylic acids is 1. The van der Waals surface area contributed by atoms with Gasteiger partial charge in [-0.05, 0) is 5.54 Å². The zero-order chi connectivity index (χ0) is 11.1. The van der Waals surface area contributed by atoms with Gasteiger partial charge in [0.05, 0.1) is 12.5 Å². The number of carboxylic acids is 1. The fourth-order valence-electron chi connectivity index (χ4n) is 0.0680. The summed E-state index contributed by atoms with van der Waals surface area (Å²) in [4.78, 5) is 9.25. The average molecular weight is 205 g/mol. The number of rotatable bonds is 3. The molecule has 0 aromatic rings.